The molecular weight excluding hydrogens is 468 g/mol. The predicted molar refractivity (Wildman–Crippen MR) is 132 cm³/mol. The number of Topliss-reactive ketones (excluding diaryl/α,β-unsaturated/α-hetero) is 1. The number of carbonyl (C=O) groups excluding carboxylic acids is 2. The third kappa shape index (κ3) is 6.69. The number of aliphatic hydroxyl groups is 1. The van der Waals surface area contributed by atoms with Crippen LogP contribution in [0.25, 0.3) is 0 Å². The summed E-state index contributed by atoms with van der Waals surface area (Å²) < 4.78 is 10.2. The van der Waals surface area contributed by atoms with Crippen molar-refractivity contribution in [3.63, 3.8) is 0 Å². The van der Waals surface area contributed by atoms with Gasteiger partial charge in [0.05, 0.1) is 10.6 Å². The second-order valence-corrected chi connectivity index (χ2v) is 8.68. The zero-order valence-electron chi connectivity index (χ0n) is 19.6. The van der Waals surface area contributed by atoms with Gasteiger partial charge < -0.3 is 19.9 Å². The Morgan fingerprint density at radius 1 is 1.09 bits per heavy atom. The van der Waals surface area contributed by atoms with Crippen LogP contribution >= 0.6 is 11.6 Å². The number of amides is 1. The van der Waals surface area contributed by atoms with Crippen LogP contribution in [0.5, 0.6) is 0 Å². The van der Waals surface area contributed by atoms with E-state index in [0.717, 1.165) is 31.2 Å². The molecule has 8 heteroatoms. The molecule has 0 spiro atoms. The number of carbonyl (C=O) groups is 2. The van der Waals surface area contributed by atoms with Gasteiger partial charge in [0.15, 0.2) is 6.10 Å². The van der Waals surface area contributed by atoms with E-state index in [1.54, 1.807) is 12.1 Å². The van der Waals surface area contributed by atoms with Crippen molar-refractivity contribution in [1.29, 1.82) is 5.26 Å². The molecule has 1 aliphatic rings. The maximum atomic E-state index is 12.7. The number of nitrogens with zero attached hydrogens (tertiary/aromatic N) is 1. The SMILES string of the molecule is COC(OC)C(=O)c1ccc(C#CC(O)C(=O)Nc2ccc(C#N)c(Cl)c2)c(C2CCCCC2)c1. The molecule has 35 heavy (non-hydrogen) atoms. The molecule has 2 N–H and O–H groups in total. The molecule has 0 aliphatic heterocycles. The van der Waals surface area contributed by atoms with Gasteiger partial charge in [-0.05, 0) is 60.7 Å². The Balaban J connectivity index is 1.84. The van der Waals surface area contributed by atoms with Crippen LogP contribution in [0.3, 0.4) is 0 Å². The average Bonchev–Trinajstić information content (AvgIpc) is 2.88. The summed E-state index contributed by atoms with van der Waals surface area (Å²) in [6.45, 7) is 0. The van der Waals surface area contributed by atoms with Gasteiger partial charge >= 0.3 is 0 Å². The lowest BCUT2D eigenvalue weighted by atomic mass is 9.81. The number of nitrogens with one attached hydrogen (secondary N) is 1. The van der Waals surface area contributed by atoms with E-state index in [9.17, 15) is 14.7 Å². The Morgan fingerprint density at radius 3 is 2.40 bits per heavy atom. The van der Waals surface area contributed by atoms with Crippen molar-refractivity contribution < 1.29 is 24.2 Å². The molecule has 3 rings (SSSR count). The van der Waals surface area contributed by atoms with Crippen molar-refractivity contribution in [2.45, 2.75) is 50.4 Å². The Hall–Kier alpha value is -3.20. The number of hydrogen-bond acceptors (Lipinski definition) is 6. The molecule has 1 aliphatic carbocycles. The molecule has 1 amide bonds. The minimum Gasteiger partial charge on any atom is -0.372 e. The van der Waals surface area contributed by atoms with E-state index in [1.807, 2.05) is 12.1 Å². The maximum Gasteiger partial charge on any atom is 0.265 e. The van der Waals surface area contributed by atoms with E-state index in [4.69, 9.17) is 26.3 Å². The first-order chi connectivity index (χ1) is 16.9. The fraction of sp³-hybridized carbons (Fsp3) is 0.370. The summed E-state index contributed by atoms with van der Waals surface area (Å²) >= 11 is 5.99. The van der Waals surface area contributed by atoms with E-state index in [0.29, 0.717) is 16.8 Å². The third-order valence-electron chi connectivity index (χ3n) is 5.97. The predicted octanol–water partition coefficient (Wildman–Crippen LogP) is 4.41. The fourth-order valence-electron chi connectivity index (χ4n) is 4.13. The zero-order valence-corrected chi connectivity index (χ0v) is 20.4. The summed E-state index contributed by atoms with van der Waals surface area (Å²) in [5.74, 6) is 4.76. The summed E-state index contributed by atoms with van der Waals surface area (Å²) in [5, 5.41) is 22.0. The van der Waals surface area contributed by atoms with Gasteiger partial charge in [0.1, 0.15) is 6.07 Å². The number of hydrogen-bond donors (Lipinski definition) is 2. The van der Waals surface area contributed by atoms with Crippen molar-refractivity contribution in [1.82, 2.24) is 0 Å². The van der Waals surface area contributed by atoms with Gasteiger partial charge in [-0.2, -0.15) is 5.26 Å². The lowest BCUT2D eigenvalue weighted by Crippen LogP contribution is -2.26. The van der Waals surface area contributed by atoms with Crippen molar-refractivity contribution in [3.8, 4) is 17.9 Å². The molecule has 1 unspecified atom stereocenters. The number of rotatable bonds is 7. The second kappa shape index (κ2) is 12.5. The van der Waals surface area contributed by atoms with Crippen LogP contribution in [0, 0.1) is 23.2 Å². The van der Waals surface area contributed by atoms with Gasteiger partial charge in [0.2, 0.25) is 12.1 Å². The molecule has 0 heterocycles. The molecule has 0 radical (unpaired) electrons. The number of halogens is 1. The molecule has 0 bridgehead atoms. The molecule has 2 aromatic rings. The first-order valence-electron chi connectivity index (χ1n) is 11.3. The second-order valence-electron chi connectivity index (χ2n) is 8.27. The Morgan fingerprint density at radius 2 is 1.77 bits per heavy atom. The van der Waals surface area contributed by atoms with E-state index < -0.39 is 18.3 Å². The van der Waals surface area contributed by atoms with E-state index >= 15 is 0 Å². The molecule has 182 valence electrons. The quantitative estimate of drug-likeness (QED) is 0.335. The van der Waals surface area contributed by atoms with E-state index in [1.165, 1.54) is 38.8 Å². The highest BCUT2D eigenvalue weighted by Gasteiger charge is 2.23. The smallest absolute Gasteiger partial charge is 0.265 e. The molecular formula is C27H27ClN2O5. The van der Waals surface area contributed by atoms with Crippen LogP contribution in [0.2, 0.25) is 5.02 Å². The van der Waals surface area contributed by atoms with Crippen molar-refractivity contribution in [2.24, 2.45) is 0 Å². The summed E-state index contributed by atoms with van der Waals surface area (Å²) in [6, 6.07) is 11.6. The number of benzene rings is 2. The van der Waals surface area contributed by atoms with Crippen LogP contribution < -0.4 is 5.32 Å². The maximum absolute atomic E-state index is 12.7. The van der Waals surface area contributed by atoms with Gasteiger partial charge in [-0.15, -0.1) is 0 Å². The number of anilines is 1. The lowest BCUT2D eigenvalue weighted by Gasteiger charge is -2.24. The van der Waals surface area contributed by atoms with Gasteiger partial charge in [0.25, 0.3) is 5.91 Å². The minimum atomic E-state index is -1.59. The molecule has 7 nitrogen and oxygen atoms in total. The fourth-order valence-corrected chi connectivity index (χ4v) is 4.36. The molecule has 1 saturated carbocycles. The first-order valence-corrected chi connectivity index (χ1v) is 11.7. The monoisotopic (exact) mass is 494 g/mol. The molecule has 1 fully saturated rings. The highest BCUT2D eigenvalue weighted by Crippen LogP contribution is 2.35. The summed E-state index contributed by atoms with van der Waals surface area (Å²) in [7, 11) is 2.82. The van der Waals surface area contributed by atoms with Gasteiger partial charge in [0, 0.05) is 31.0 Å². The third-order valence-corrected chi connectivity index (χ3v) is 6.28. The molecule has 0 aromatic heterocycles. The largest absolute Gasteiger partial charge is 0.372 e. The number of ketones is 1. The van der Waals surface area contributed by atoms with Crippen molar-refractivity contribution >= 4 is 29.0 Å². The van der Waals surface area contributed by atoms with Gasteiger partial charge in [-0.25, -0.2) is 0 Å². The molecule has 2 aromatic carbocycles. The molecule has 0 saturated heterocycles. The van der Waals surface area contributed by atoms with Crippen LogP contribution in [-0.4, -0.2) is 43.4 Å². The topological polar surface area (TPSA) is 109 Å². The Kier molecular flexibility index (Phi) is 9.42. The normalized spacial score (nSPS) is 14.5. The zero-order chi connectivity index (χ0) is 25.4. The first kappa shape index (κ1) is 26.4. The van der Waals surface area contributed by atoms with E-state index in [2.05, 4.69) is 17.2 Å². The summed E-state index contributed by atoms with van der Waals surface area (Å²) in [5.41, 5.74) is 2.66. The highest BCUT2D eigenvalue weighted by molar-refractivity contribution is 6.32. The van der Waals surface area contributed by atoms with Gasteiger partial charge in [-0.3, -0.25) is 9.59 Å². The van der Waals surface area contributed by atoms with Gasteiger partial charge in [-0.1, -0.05) is 42.7 Å². The van der Waals surface area contributed by atoms with Crippen LogP contribution in [-0.2, 0) is 14.3 Å². The average molecular weight is 495 g/mol. The van der Waals surface area contributed by atoms with Crippen LogP contribution in [0.4, 0.5) is 5.69 Å². The number of nitriles is 1. The Labute approximate surface area is 210 Å². The Bertz CT molecular complexity index is 1180. The molecule has 1 atom stereocenters. The minimum absolute atomic E-state index is 0.196. The van der Waals surface area contributed by atoms with E-state index in [-0.39, 0.29) is 22.3 Å². The van der Waals surface area contributed by atoms with Crippen LogP contribution in [0.15, 0.2) is 36.4 Å². The van der Waals surface area contributed by atoms with Crippen molar-refractivity contribution in [3.05, 3.63) is 63.7 Å². The summed E-state index contributed by atoms with van der Waals surface area (Å²) in [4.78, 5) is 25.2. The highest BCUT2D eigenvalue weighted by atomic mass is 35.5. The van der Waals surface area contributed by atoms with Crippen LogP contribution in [0.1, 0.15) is 65.1 Å². The van der Waals surface area contributed by atoms with Crippen molar-refractivity contribution in [2.75, 3.05) is 19.5 Å². The number of methoxy groups -OCH3 is 2. The number of ether oxygens (including phenoxy) is 2. The number of aliphatic hydroxyl groups excluding tert-OH is 1. The lowest BCUT2D eigenvalue weighted by molar-refractivity contribution is -0.121. The summed E-state index contributed by atoms with van der Waals surface area (Å²) in [6.07, 6.45) is 2.73. The standard InChI is InChI=1S/C27H27ClN2O5/c1-34-27(35-2)25(32)19-9-8-18(22(14-19)17-6-4-3-5-7-17)11-13-24(31)26(33)30-21-12-10-20(16-29)23(28)15-21/h8-10,12,14-15,17,24,27,31H,3-7H2,1-2H3,(H,30,33).